The number of rotatable bonds is 4. The molecule has 0 saturated heterocycles. The van der Waals surface area contributed by atoms with Crippen molar-refractivity contribution >= 4 is 17.9 Å². The predicted octanol–water partition coefficient (Wildman–Crippen LogP) is 4.35. The normalized spacial score (nSPS) is 14.5. The standard InChI is InChI=1S/C22H22F2N4.C2H5NO/c1-27-13-16(12-25-27)17-10-15-5-3-9-28(20(15)11-18(17)22(23)24)21-8-7-14-4-2-6-19(14)26-21;1-3-2-4/h7-8,10-13,22H,2-6,9H2,1H3;2H,1H3,(H,3,4). The molecular weight excluding hydrogens is 412 g/mol. The number of alkyl halides is 2. The number of aryl methyl sites for hydroxylation is 4. The highest BCUT2D eigenvalue weighted by atomic mass is 19.3. The molecule has 1 aliphatic heterocycles. The zero-order chi connectivity index (χ0) is 22.7. The molecule has 3 aromatic rings. The summed E-state index contributed by atoms with van der Waals surface area (Å²) in [5.41, 5.74) is 5.79. The van der Waals surface area contributed by atoms with E-state index in [9.17, 15) is 8.78 Å². The van der Waals surface area contributed by atoms with Gasteiger partial charge < -0.3 is 10.2 Å². The topological polar surface area (TPSA) is 63.1 Å². The van der Waals surface area contributed by atoms with Crippen molar-refractivity contribution in [2.24, 2.45) is 7.05 Å². The lowest BCUT2D eigenvalue weighted by Crippen LogP contribution is -2.26. The van der Waals surface area contributed by atoms with Crippen molar-refractivity contribution in [3.63, 3.8) is 0 Å². The summed E-state index contributed by atoms with van der Waals surface area (Å²) in [5, 5.41) is 6.40. The molecule has 0 bridgehead atoms. The minimum Gasteiger partial charge on any atom is -0.362 e. The van der Waals surface area contributed by atoms with Gasteiger partial charge in [-0.05, 0) is 67.0 Å². The molecule has 5 rings (SSSR count). The molecule has 8 heteroatoms. The smallest absolute Gasteiger partial charge is 0.264 e. The fraction of sp³-hybridized carbons (Fsp3) is 0.375. The summed E-state index contributed by atoms with van der Waals surface area (Å²) >= 11 is 0. The number of pyridine rings is 1. The fourth-order valence-electron chi connectivity index (χ4n) is 4.44. The first-order chi connectivity index (χ1) is 15.5. The molecule has 1 N–H and O–H groups in total. The predicted molar refractivity (Wildman–Crippen MR) is 120 cm³/mol. The third kappa shape index (κ3) is 4.35. The van der Waals surface area contributed by atoms with Gasteiger partial charge in [-0.2, -0.15) is 5.10 Å². The van der Waals surface area contributed by atoms with Gasteiger partial charge in [-0.3, -0.25) is 9.48 Å². The van der Waals surface area contributed by atoms with Crippen LogP contribution in [0.4, 0.5) is 20.3 Å². The van der Waals surface area contributed by atoms with Gasteiger partial charge in [0.25, 0.3) is 6.43 Å². The van der Waals surface area contributed by atoms with E-state index in [0.29, 0.717) is 12.0 Å². The summed E-state index contributed by atoms with van der Waals surface area (Å²) in [7, 11) is 3.36. The number of hydrogen-bond acceptors (Lipinski definition) is 4. The lowest BCUT2D eigenvalue weighted by Gasteiger charge is -2.32. The van der Waals surface area contributed by atoms with Crippen LogP contribution >= 0.6 is 0 Å². The number of carbonyl (C=O) groups excluding carboxylic acids is 1. The minimum atomic E-state index is -2.54. The van der Waals surface area contributed by atoms with Crippen molar-refractivity contribution in [3.8, 4) is 11.1 Å². The second kappa shape index (κ2) is 9.46. The van der Waals surface area contributed by atoms with Crippen LogP contribution in [0.5, 0.6) is 0 Å². The molecule has 1 aromatic carbocycles. The Hall–Kier alpha value is -3.29. The SMILES string of the molecule is CNC=O.Cn1cc(-c2cc3c(cc2C(F)F)N(c2ccc4c(n2)CCC4)CCC3)cn1. The first-order valence-electron chi connectivity index (χ1n) is 10.8. The molecular formula is C24H27F2N5O. The highest BCUT2D eigenvalue weighted by molar-refractivity contribution is 5.76. The number of nitrogens with zero attached hydrogens (tertiary/aromatic N) is 4. The van der Waals surface area contributed by atoms with Crippen molar-refractivity contribution in [2.75, 3.05) is 18.5 Å². The maximum absolute atomic E-state index is 13.9. The Morgan fingerprint density at radius 1 is 1.12 bits per heavy atom. The van der Waals surface area contributed by atoms with Crippen molar-refractivity contribution < 1.29 is 13.6 Å². The van der Waals surface area contributed by atoms with Crippen LogP contribution < -0.4 is 10.2 Å². The number of nitrogens with one attached hydrogen (secondary N) is 1. The van der Waals surface area contributed by atoms with E-state index >= 15 is 0 Å². The van der Waals surface area contributed by atoms with Crippen LogP contribution in [0.1, 0.15) is 41.7 Å². The average Bonchev–Trinajstić information content (AvgIpc) is 3.46. The number of benzene rings is 1. The largest absolute Gasteiger partial charge is 0.362 e. The van der Waals surface area contributed by atoms with Gasteiger partial charge in [0, 0.05) is 49.3 Å². The molecule has 0 spiro atoms. The van der Waals surface area contributed by atoms with Crippen LogP contribution in [0.25, 0.3) is 11.1 Å². The number of amides is 1. The molecule has 3 heterocycles. The number of fused-ring (bicyclic) bond motifs is 2. The molecule has 2 aromatic heterocycles. The van der Waals surface area contributed by atoms with E-state index in [0.717, 1.165) is 67.0 Å². The van der Waals surface area contributed by atoms with Gasteiger partial charge in [0.15, 0.2) is 0 Å². The molecule has 0 radical (unpaired) electrons. The maximum Gasteiger partial charge on any atom is 0.264 e. The van der Waals surface area contributed by atoms with Crippen LogP contribution in [0.15, 0.2) is 36.7 Å². The monoisotopic (exact) mass is 439 g/mol. The Bertz CT molecular complexity index is 1110. The highest BCUT2D eigenvalue weighted by Crippen LogP contribution is 2.41. The first-order valence-corrected chi connectivity index (χ1v) is 10.8. The second-order valence-corrected chi connectivity index (χ2v) is 8.06. The van der Waals surface area contributed by atoms with E-state index < -0.39 is 6.43 Å². The van der Waals surface area contributed by atoms with Crippen LogP contribution in [0, 0.1) is 0 Å². The summed E-state index contributed by atoms with van der Waals surface area (Å²) in [4.78, 5) is 16.0. The van der Waals surface area contributed by atoms with Gasteiger partial charge in [-0.15, -0.1) is 0 Å². The lowest BCUT2D eigenvalue weighted by atomic mass is 9.93. The van der Waals surface area contributed by atoms with E-state index in [-0.39, 0.29) is 5.56 Å². The summed E-state index contributed by atoms with van der Waals surface area (Å²) in [6, 6.07) is 7.77. The molecule has 2 aliphatic rings. The van der Waals surface area contributed by atoms with Crippen LogP contribution in [0.2, 0.25) is 0 Å². The van der Waals surface area contributed by atoms with Gasteiger partial charge >= 0.3 is 0 Å². The molecule has 1 amide bonds. The Balaban J connectivity index is 0.000000567. The fourth-order valence-corrected chi connectivity index (χ4v) is 4.44. The Morgan fingerprint density at radius 2 is 1.91 bits per heavy atom. The van der Waals surface area contributed by atoms with Crippen molar-refractivity contribution in [2.45, 2.75) is 38.5 Å². The number of carbonyl (C=O) groups is 1. The minimum absolute atomic E-state index is 0.0554. The van der Waals surface area contributed by atoms with E-state index in [1.807, 2.05) is 12.1 Å². The van der Waals surface area contributed by atoms with Crippen LogP contribution in [-0.4, -0.2) is 34.8 Å². The molecule has 0 fully saturated rings. The van der Waals surface area contributed by atoms with Crippen LogP contribution in [0.3, 0.4) is 0 Å². The Kier molecular flexibility index (Phi) is 6.48. The highest BCUT2D eigenvalue weighted by Gasteiger charge is 2.26. The van der Waals surface area contributed by atoms with Crippen molar-refractivity contribution in [3.05, 3.63) is 59.0 Å². The zero-order valence-electron chi connectivity index (χ0n) is 18.3. The molecule has 6 nitrogen and oxygen atoms in total. The van der Waals surface area contributed by atoms with Gasteiger partial charge in [0.2, 0.25) is 6.41 Å². The van der Waals surface area contributed by atoms with Crippen molar-refractivity contribution in [1.82, 2.24) is 20.1 Å². The summed E-state index contributed by atoms with van der Waals surface area (Å²) in [6.07, 6.45) is 6.62. The number of halogens is 2. The first kappa shape index (κ1) is 21.9. The Labute approximate surface area is 186 Å². The van der Waals surface area contributed by atoms with E-state index in [1.54, 1.807) is 37.2 Å². The van der Waals surface area contributed by atoms with E-state index in [2.05, 4.69) is 21.4 Å². The molecule has 0 unspecified atom stereocenters. The van der Waals surface area contributed by atoms with Crippen LogP contribution in [-0.2, 0) is 31.1 Å². The number of aromatic nitrogens is 3. The van der Waals surface area contributed by atoms with Gasteiger partial charge in [0.05, 0.1) is 6.20 Å². The Morgan fingerprint density at radius 3 is 2.59 bits per heavy atom. The number of anilines is 2. The quantitative estimate of drug-likeness (QED) is 0.614. The molecule has 0 atom stereocenters. The maximum atomic E-state index is 13.9. The molecule has 1 aliphatic carbocycles. The van der Waals surface area contributed by atoms with E-state index in [1.165, 1.54) is 5.56 Å². The zero-order valence-corrected chi connectivity index (χ0v) is 18.3. The lowest BCUT2D eigenvalue weighted by molar-refractivity contribution is -0.109. The van der Waals surface area contributed by atoms with E-state index in [4.69, 9.17) is 9.78 Å². The summed E-state index contributed by atoms with van der Waals surface area (Å²) in [5.74, 6) is 0.871. The summed E-state index contributed by atoms with van der Waals surface area (Å²) < 4.78 is 29.5. The third-order valence-corrected chi connectivity index (χ3v) is 5.93. The van der Waals surface area contributed by atoms with Gasteiger partial charge in [0.1, 0.15) is 5.82 Å². The van der Waals surface area contributed by atoms with Gasteiger partial charge in [-0.1, -0.05) is 6.07 Å². The number of hydrogen-bond donors (Lipinski definition) is 1. The summed E-state index contributed by atoms with van der Waals surface area (Å²) in [6.45, 7) is 0.799. The van der Waals surface area contributed by atoms with Crippen molar-refractivity contribution in [1.29, 1.82) is 0 Å². The third-order valence-electron chi connectivity index (χ3n) is 5.93. The second-order valence-electron chi connectivity index (χ2n) is 8.06. The molecule has 0 saturated carbocycles. The average molecular weight is 440 g/mol. The molecule has 168 valence electrons. The van der Waals surface area contributed by atoms with Gasteiger partial charge in [-0.25, -0.2) is 13.8 Å². The molecule has 32 heavy (non-hydrogen) atoms.